The van der Waals surface area contributed by atoms with E-state index in [1.165, 1.54) is 9.75 Å². The molecule has 4 nitrogen and oxygen atoms in total. The maximum absolute atomic E-state index is 4.57. The molecule has 0 aliphatic carbocycles. The summed E-state index contributed by atoms with van der Waals surface area (Å²) in [5.41, 5.74) is 4.42. The monoisotopic (exact) mass is 354 g/mol. The van der Waals surface area contributed by atoms with Gasteiger partial charge in [-0.25, -0.2) is 9.36 Å². The van der Waals surface area contributed by atoms with Gasteiger partial charge in [0.05, 0.1) is 11.4 Å². The zero-order chi connectivity index (χ0) is 16.8. The van der Waals surface area contributed by atoms with Gasteiger partial charge in [0.15, 0.2) is 0 Å². The maximum atomic E-state index is 4.57. The Labute approximate surface area is 149 Å². The summed E-state index contributed by atoms with van der Waals surface area (Å²) in [5, 5.41) is 11.4. The molecule has 0 spiro atoms. The van der Waals surface area contributed by atoms with E-state index in [4.69, 9.17) is 0 Å². The molecule has 0 unspecified atom stereocenters. The van der Waals surface area contributed by atoms with Crippen LogP contribution in [0, 0.1) is 27.7 Å². The quantitative estimate of drug-likeness (QED) is 0.514. The van der Waals surface area contributed by atoms with Crippen LogP contribution in [0.3, 0.4) is 0 Å². The minimum Gasteiger partial charge on any atom is -0.228 e. The van der Waals surface area contributed by atoms with Gasteiger partial charge >= 0.3 is 0 Å². The Balaban J connectivity index is 1.68. The Morgan fingerprint density at radius 1 is 0.667 bits per heavy atom. The van der Waals surface area contributed by atoms with Gasteiger partial charge in [0.25, 0.3) is 0 Å². The molecule has 122 valence electrons. The van der Waals surface area contributed by atoms with Crippen LogP contribution >= 0.6 is 22.7 Å². The van der Waals surface area contributed by atoms with Gasteiger partial charge < -0.3 is 0 Å². The number of nitrogens with zero attached hydrogens (tertiary/aromatic N) is 4. The molecule has 0 saturated carbocycles. The van der Waals surface area contributed by atoms with Gasteiger partial charge in [-0.15, -0.1) is 22.7 Å². The van der Waals surface area contributed by atoms with Crippen molar-refractivity contribution in [3.05, 3.63) is 59.2 Å². The van der Waals surface area contributed by atoms with Crippen LogP contribution in [0.5, 0.6) is 0 Å². The van der Waals surface area contributed by atoms with E-state index < -0.39 is 0 Å². The van der Waals surface area contributed by atoms with Crippen molar-refractivity contribution in [1.29, 1.82) is 0 Å². The minimum atomic E-state index is 1.05. The average molecular weight is 355 g/mol. The van der Waals surface area contributed by atoms with Crippen molar-refractivity contribution in [2.24, 2.45) is 0 Å². The van der Waals surface area contributed by atoms with Crippen LogP contribution in [0.2, 0.25) is 0 Å². The molecule has 4 aromatic rings. The first kappa shape index (κ1) is 15.4. The Hall–Kier alpha value is -2.18. The summed E-state index contributed by atoms with van der Waals surface area (Å²) in [6.45, 7) is 8.23. The van der Waals surface area contributed by atoms with Gasteiger partial charge in [-0.3, -0.25) is 0 Å². The van der Waals surface area contributed by atoms with Crippen LogP contribution in [0.4, 0.5) is 0 Å². The summed E-state index contributed by atoms with van der Waals surface area (Å²) in [4.78, 5) is 2.52. The number of hydrogen-bond acceptors (Lipinski definition) is 4. The SMILES string of the molecule is Cc1cc(C)n(-c2ccc(-c3ccc(-n4nc(C)cc4C)s3)s2)n1. The summed E-state index contributed by atoms with van der Waals surface area (Å²) in [7, 11) is 0. The molecule has 0 atom stereocenters. The lowest BCUT2D eigenvalue weighted by molar-refractivity contribution is 0.848. The Bertz CT molecular complexity index is 933. The summed E-state index contributed by atoms with van der Waals surface area (Å²) in [5.74, 6) is 0. The molecule has 0 N–H and O–H groups in total. The predicted molar refractivity (Wildman–Crippen MR) is 101 cm³/mol. The number of aromatic nitrogens is 4. The molecule has 0 fully saturated rings. The third kappa shape index (κ3) is 2.61. The van der Waals surface area contributed by atoms with E-state index in [9.17, 15) is 0 Å². The van der Waals surface area contributed by atoms with Crippen molar-refractivity contribution in [2.45, 2.75) is 27.7 Å². The highest BCUT2D eigenvalue weighted by molar-refractivity contribution is 7.24. The third-order valence-electron chi connectivity index (χ3n) is 3.86. The molecular weight excluding hydrogens is 336 g/mol. The van der Waals surface area contributed by atoms with E-state index in [-0.39, 0.29) is 0 Å². The van der Waals surface area contributed by atoms with Gasteiger partial charge in [-0.2, -0.15) is 10.2 Å². The standard InChI is InChI=1S/C18H18N4S2/c1-11-9-13(3)21(19-11)17-7-5-15(23-17)16-6-8-18(24-16)22-14(4)10-12(2)20-22/h5-10H,1-4H3. The average Bonchev–Trinajstić information content (AvgIpc) is 3.25. The van der Waals surface area contributed by atoms with Crippen molar-refractivity contribution in [1.82, 2.24) is 19.6 Å². The van der Waals surface area contributed by atoms with Crippen molar-refractivity contribution in [3.8, 4) is 19.8 Å². The molecule has 0 aliphatic rings. The van der Waals surface area contributed by atoms with Crippen LogP contribution in [-0.4, -0.2) is 19.6 Å². The summed E-state index contributed by atoms with van der Waals surface area (Å²) >= 11 is 3.53. The molecule has 4 heterocycles. The zero-order valence-electron chi connectivity index (χ0n) is 14.1. The van der Waals surface area contributed by atoms with Gasteiger partial charge in [-0.05, 0) is 64.1 Å². The second-order valence-electron chi connectivity index (χ2n) is 5.95. The van der Waals surface area contributed by atoms with Crippen molar-refractivity contribution in [3.63, 3.8) is 0 Å². The van der Waals surface area contributed by atoms with Gasteiger partial charge in [0, 0.05) is 21.1 Å². The highest BCUT2D eigenvalue weighted by Crippen LogP contribution is 2.36. The molecule has 0 bridgehead atoms. The highest BCUT2D eigenvalue weighted by atomic mass is 32.1. The smallest absolute Gasteiger partial charge is 0.118 e. The van der Waals surface area contributed by atoms with E-state index in [0.29, 0.717) is 0 Å². The molecule has 0 amide bonds. The number of thiophene rings is 2. The predicted octanol–water partition coefficient (Wildman–Crippen LogP) is 5.08. The van der Waals surface area contributed by atoms with Crippen LogP contribution in [0.25, 0.3) is 19.8 Å². The fraction of sp³-hybridized carbons (Fsp3) is 0.222. The van der Waals surface area contributed by atoms with Gasteiger partial charge in [0.2, 0.25) is 0 Å². The zero-order valence-corrected chi connectivity index (χ0v) is 15.7. The van der Waals surface area contributed by atoms with Crippen molar-refractivity contribution < 1.29 is 0 Å². The molecule has 0 aromatic carbocycles. The summed E-state index contributed by atoms with van der Waals surface area (Å²) in [6, 6.07) is 12.8. The van der Waals surface area contributed by atoms with Crippen molar-refractivity contribution in [2.75, 3.05) is 0 Å². The molecule has 6 heteroatoms. The minimum absolute atomic E-state index is 1.05. The highest BCUT2D eigenvalue weighted by Gasteiger charge is 2.12. The second kappa shape index (κ2) is 5.72. The number of hydrogen-bond donors (Lipinski definition) is 0. The lowest BCUT2D eigenvalue weighted by Gasteiger charge is -1.99. The second-order valence-corrected chi connectivity index (χ2v) is 8.08. The first-order valence-electron chi connectivity index (χ1n) is 7.78. The molecule has 24 heavy (non-hydrogen) atoms. The molecule has 0 radical (unpaired) electrons. The molecule has 4 rings (SSSR count). The molecule has 0 saturated heterocycles. The van der Waals surface area contributed by atoms with E-state index in [1.54, 1.807) is 22.7 Å². The first-order chi connectivity index (χ1) is 11.5. The third-order valence-corrected chi connectivity index (χ3v) is 6.18. The van der Waals surface area contributed by atoms with Crippen LogP contribution in [-0.2, 0) is 0 Å². The van der Waals surface area contributed by atoms with Crippen LogP contribution < -0.4 is 0 Å². The van der Waals surface area contributed by atoms with E-state index in [1.807, 2.05) is 23.2 Å². The lowest BCUT2D eigenvalue weighted by atomic mass is 10.4. The Morgan fingerprint density at radius 2 is 1.08 bits per heavy atom. The summed E-state index contributed by atoms with van der Waals surface area (Å²) < 4.78 is 4.03. The lowest BCUT2D eigenvalue weighted by Crippen LogP contribution is -1.95. The molecule has 0 aliphatic heterocycles. The van der Waals surface area contributed by atoms with Gasteiger partial charge in [0.1, 0.15) is 10.0 Å². The van der Waals surface area contributed by atoms with E-state index in [0.717, 1.165) is 32.8 Å². The van der Waals surface area contributed by atoms with Crippen LogP contribution in [0.15, 0.2) is 36.4 Å². The van der Waals surface area contributed by atoms with Crippen molar-refractivity contribution >= 4 is 22.7 Å². The van der Waals surface area contributed by atoms with E-state index in [2.05, 4.69) is 60.4 Å². The Kier molecular flexibility index (Phi) is 3.66. The largest absolute Gasteiger partial charge is 0.228 e. The molecular formula is C18H18N4S2. The van der Waals surface area contributed by atoms with Crippen LogP contribution in [0.1, 0.15) is 22.8 Å². The summed E-state index contributed by atoms with van der Waals surface area (Å²) in [6.07, 6.45) is 0. The fourth-order valence-corrected chi connectivity index (χ4v) is 4.98. The fourth-order valence-electron chi connectivity index (χ4n) is 2.85. The van der Waals surface area contributed by atoms with E-state index >= 15 is 0 Å². The maximum Gasteiger partial charge on any atom is 0.118 e. The molecule has 4 aromatic heterocycles. The topological polar surface area (TPSA) is 35.6 Å². The van der Waals surface area contributed by atoms with Gasteiger partial charge in [-0.1, -0.05) is 0 Å². The number of aryl methyl sites for hydroxylation is 4. The normalized spacial score (nSPS) is 11.3. The number of rotatable bonds is 3. The first-order valence-corrected chi connectivity index (χ1v) is 9.42. The Morgan fingerprint density at radius 3 is 1.42 bits per heavy atom.